The molecule has 0 saturated carbocycles. The Morgan fingerprint density at radius 2 is 2.10 bits per heavy atom. The van der Waals surface area contributed by atoms with Crippen molar-refractivity contribution in [2.75, 3.05) is 32.7 Å². The second kappa shape index (κ2) is 7.01. The molecule has 1 amide bonds. The van der Waals surface area contributed by atoms with Gasteiger partial charge in [0.1, 0.15) is 5.82 Å². The molecule has 6 nitrogen and oxygen atoms in total. The first-order valence-electron chi connectivity index (χ1n) is 6.77. The minimum atomic E-state index is -0.0571. The SMILES string of the molecule is COCCCN(C)C(=O)c1cnc(NN)c2ccccc12. The molecule has 0 radical (unpaired) electrons. The van der Waals surface area contributed by atoms with Crippen LogP contribution in [0.2, 0.25) is 0 Å². The Morgan fingerprint density at radius 1 is 1.38 bits per heavy atom. The van der Waals surface area contributed by atoms with E-state index in [1.165, 1.54) is 0 Å². The summed E-state index contributed by atoms with van der Waals surface area (Å²) in [6.45, 7) is 1.27. The highest BCUT2D eigenvalue weighted by atomic mass is 16.5. The Labute approximate surface area is 123 Å². The number of hydrogen-bond donors (Lipinski definition) is 2. The monoisotopic (exact) mass is 288 g/mol. The van der Waals surface area contributed by atoms with Gasteiger partial charge in [-0.2, -0.15) is 0 Å². The van der Waals surface area contributed by atoms with E-state index < -0.39 is 0 Å². The molecule has 21 heavy (non-hydrogen) atoms. The number of carbonyl (C=O) groups is 1. The summed E-state index contributed by atoms with van der Waals surface area (Å²) in [6.07, 6.45) is 2.36. The summed E-state index contributed by atoms with van der Waals surface area (Å²) in [5.41, 5.74) is 3.13. The number of nitrogens with one attached hydrogen (secondary N) is 1. The average Bonchev–Trinajstić information content (AvgIpc) is 2.53. The molecule has 1 heterocycles. The molecule has 0 atom stereocenters. The molecule has 1 aromatic heterocycles. The molecule has 0 aliphatic carbocycles. The molecule has 0 aliphatic rings. The van der Waals surface area contributed by atoms with Gasteiger partial charge in [0.25, 0.3) is 5.91 Å². The van der Waals surface area contributed by atoms with E-state index in [-0.39, 0.29) is 5.91 Å². The number of carbonyl (C=O) groups excluding carboxylic acids is 1. The largest absolute Gasteiger partial charge is 0.385 e. The zero-order chi connectivity index (χ0) is 15.2. The van der Waals surface area contributed by atoms with Crippen LogP contribution in [-0.2, 0) is 4.74 Å². The van der Waals surface area contributed by atoms with E-state index in [4.69, 9.17) is 10.6 Å². The van der Waals surface area contributed by atoms with Gasteiger partial charge in [0.15, 0.2) is 0 Å². The van der Waals surface area contributed by atoms with Crippen molar-refractivity contribution < 1.29 is 9.53 Å². The fraction of sp³-hybridized carbons (Fsp3) is 0.333. The molecule has 0 saturated heterocycles. The number of methoxy groups -OCH3 is 1. The van der Waals surface area contributed by atoms with Crippen molar-refractivity contribution in [2.24, 2.45) is 5.84 Å². The van der Waals surface area contributed by atoms with Gasteiger partial charge in [-0.15, -0.1) is 0 Å². The lowest BCUT2D eigenvalue weighted by Crippen LogP contribution is -2.28. The Morgan fingerprint density at radius 3 is 2.76 bits per heavy atom. The van der Waals surface area contributed by atoms with Gasteiger partial charge in [-0.3, -0.25) is 4.79 Å². The van der Waals surface area contributed by atoms with Crippen LogP contribution in [0.1, 0.15) is 16.8 Å². The quantitative estimate of drug-likeness (QED) is 0.480. The number of benzene rings is 1. The van der Waals surface area contributed by atoms with E-state index in [2.05, 4.69) is 10.4 Å². The number of fused-ring (bicyclic) bond motifs is 1. The highest BCUT2D eigenvalue weighted by molar-refractivity contribution is 6.09. The van der Waals surface area contributed by atoms with Gasteiger partial charge in [0.05, 0.1) is 5.56 Å². The molecule has 0 unspecified atom stereocenters. The third-order valence-corrected chi connectivity index (χ3v) is 3.35. The topological polar surface area (TPSA) is 80.5 Å². The molecule has 2 rings (SSSR count). The van der Waals surface area contributed by atoms with E-state index in [1.54, 1.807) is 25.3 Å². The van der Waals surface area contributed by atoms with E-state index in [0.29, 0.717) is 24.5 Å². The fourth-order valence-electron chi connectivity index (χ4n) is 2.23. The van der Waals surface area contributed by atoms with Crippen molar-refractivity contribution in [2.45, 2.75) is 6.42 Å². The van der Waals surface area contributed by atoms with Crippen molar-refractivity contribution in [1.82, 2.24) is 9.88 Å². The van der Waals surface area contributed by atoms with E-state index in [0.717, 1.165) is 17.2 Å². The van der Waals surface area contributed by atoms with E-state index >= 15 is 0 Å². The first-order valence-corrected chi connectivity index (χ1v) is 6.77. The van der Waals surface area contributed by atoms with Gasteiger partial charge in [0, 0.05) is 38.9 Å². The Balaban J connectivity index is 2.31. The summed E-state index contributed by atoms with van der Waals surface area (Å²) in [5, 5.41) is 1.67. The molecule has 1 aromatic carbocycles. The van der Waals surface area contributed by atoms with E-state index in [1.807, 2.05) is 24.3 Å². The van der Waals surface area contributed by atoms with Crippen LogP contribution in [0.25, 0.3) is 10.8 Å². The maximum Gasteiger partial charge on any atom is 0.255 e. The van der Waals surface area contributed by atoms with Crippen LogP contribution in [0, 0.1) is 0 Å². The molecular formula is C15H20N4O2. The number of pyridine rings is 1. The minimum Gasteiger partial charge on any atom is -0.385 e. The highest BCUT2D eigenvalue weighted by Gasteiger charge is 2.16. The van der Waals surface area contributed by atoms with Crippen LogP contribution in [-0.4, -0.2) is 43.1 Å². The molecule has 112 valence electrons. The summed E-state index contributed by atoms with van der Waals surface area (Å²) < 4.78 is 5.01. The van der Waals surface area contributed by atoms with Crippen LogP contribution in [0.15, 0.2) is 30.5 Å². The van der Waals surface area contributed by atoms with Crippen LogP contribution >= 0.6 is 0 Å². The van der Waals surface area contributed by atoms with Gasteiger partial charge in [-0.1, -0.05) is 24.3 Å². The second-order valence-electron chi connectivity index (χ2n) is 4.78. The third-order valence-electron chi connectivity index (χ3n) is 3.35. The number of hydrogen-bond acceptors (Lipinski definition) is 5. The van der Waals surface area contributed by atoms with Crippen molar-refractivity contribution in [1.29, 1.82) is 0 Å². The molecule has 0 aliphatic heterocycles. The smallest absolute Gasteiger partial charge is 0.255 e. The summed E-state index contributed by atoms with van der Waals surface area (Å²) in [5.74, 6) is 5.96. The molecular weight excluding hydrogens is 268 g/mol. The second-order valence-corrected chi connectivity index (χ2v) is 4.78. The number of nitrogen functional groups attached to an aromatic ring is 1. The first kappa shape index (κ1) is 15.2. The molecule has 6 heteroatoms. The van der Waals surface area contributed by atoms with Crippen LogP contribution in [0.5, 0.6) is 0 Å². The number of anilines is 1. The Kier molecular flexibility index (Phi) is 5.08. The molecule has 0 spiro atoms. The van der Waals surface area contributed by atoms with Crippen LogP contribution in [0.3, 0.4) is 0 Å². The summed E-state index contributed by atoms with van der Waals surface area (Å²) >= 11 is 0. The number of ether oxygens (including phenoxy) is 1. The maximum atomic E-state index is 12.5. The van der Waals surface area contributed by atoms with Gasteiger partial charge >= 0.3 is 0 Å². The lowest BCUT2D eigenvalue weighted by atomic mass is 10.1. The lowest BCUT2D eigenvalue weighted by molar-refractivity contribution is 0.0781. The number of nitrogens with zero attached hydrogens (tertiary/aromatic N) is 2. The average molecular weight is 288 g/mol. The third kappa shape index (κ3) is 3.29. The zero-order valence-electron chi connectivity index (χ0n) is 12.3. The van der Waals surface area contributed by atoms with Gasteiger partial charge in [-0.05, 0) is 11.8 Å². The number of rotatable bonds is 6. The first-order chi connectivity index (χ1) is 10.2. The van der Waals surface area contributed by atoms with Crippen LogP contribution in [0.4, 0.5) is 5.82 Å². The van der Waals surface area contributed by atoms with Crippen molar-refractivity contribution >= 4 is 22.5 Å². The standard InChI is InChI=1S/C15H20N4O2/c1-19(8-5-9-21-2)15(20)13-10-17-14(18-16)12-7-4-3-6-11(12)13/h3-4,6-7,10H,5,8-9,16H2,1-2H3,(H,17,18). The molecule has 0 fully saturated rings. The highest BCUT2D eigenvalue weighted by Crippen LogP contribution is 2.24. The predicted molar refractivity (Wildman–Crippen MR) is 83.0 cm³/mol. The summed E-state index contributed by atoms with van der Waals surface area (Å²) in [6, 6.07) is 7.57. The summed E-state index contributed by atoms with van der Waals surface area (Å²) in [7, 11) is 3.43. The molecule has 3 N–H and O–H groups in total. The lowest BCUT2D eigenvalue weighted by Gasteiger charge is -2.18. The van der Waals surface area contributed by atoms with Crippen molar-refractivity contribution in [3.05, 3.63) is 36.0 Å². The van der Waals surface area contributed by atoms with Crippen molar-refractivity contribution in [3.63, 3.8) is 0 Å². The number of amides is 1. The number of nitrogens with two attached hydrogens (primary N) is 1. The van der Waals surface area contributed by atoms with Crippen molar-refractivity contribution in [3.8, 4) is 0 Å². The predicted octanol–water partition coefficient (Wildman–Crippen LogP) is 1.63. The van der Waals surface area contributed by atoms with Gasteiger partial charge < -0.3 is 15.1 Å². The normalized spacial score (nSPS) is 10.6. The van der Waals surface area contributed by atoms with Crippen LogP contribution < -0.4 is 11.3 Å². The van der Waals surface area contributed by atoms with Gasteiger partial charge in [-0.25, -0.2) is 10.8 Å². The Bertz CT molecular complexity index is 630. The van der Waals surface area contributed by atoms with E-state index in [9.17, 15) is 4.79 Å². The number of aromatic nitrogens is 1. The summed E-state index contributed by atoms with van der Waals surface area (Å²) in [4.78, 5) is 18.4. The Hall–Kier alpha value is -2.18. The fourth-order valence-corrected chi connectivity index (χ4v) is 2.23. The number of hydrazine groups is 1. The van der Waals surface area contributed by atoms with Gasteiger partial charge in [0.2, 0.25) is 0 Å². The zero-order valence-corrected chi connectivity index (χ0v) is 12.3. The molecule has 0 bridgehead atoms. The molecule has 2 aromatic rings. The minimum absolute atomic E-state index is 0.0571. The maximum absolute atomic E-state index is 12.5.